The van der Waals surface area contributed by atoms with Crippen LogP contribution in [0.25, 0.3) is 28.0 Å². The molecule has 4 rings (SSSR count). The van der Waals surface area contributed by atoms with E-state index in [-0.39, 0.29) is 5.91 Å². The first kappa shape index (κ1) is 19.4. The Morgan fingerprint density at radius 3 is 2.50 bits per heavy atom. The van der Waals surface area contributed by atoms with Gasteiger partial charge in [-0.05, 0) is 30.7 Å². The molecular weight excluding hydrogens is 376 g/mol. The van der Waals surface area contributed by atoms with Crippen molar-refractivity contribution < 1.29 is 9.59 Å². The highest BCUT2D eigenvalue weighted by molar-refractivity contribution is 5.95. The molecule has 150 valence electrons. The minimum absolute atomic E-state index is 0.0608. The van der Waals surface area contributed by atoms with Crippen molar-refractivity contribution in [2.75, 3.05) is 19.4 Å². The number of nitrogens with one attached hydrogen (secondary N) is 1. The number of anilines is 1. The number of pyridine rings is 1. The summed E-state index contributed by atoms with van der Waals surface area (Å²) in [6.45, 7) is 2.04. The average Bonchev–Trinajstić information content (AvgIpc) is 3.18. The van der Waals surface area contributed by atoms with E-state index in [9.17, 15) is 9.59 Å². The lowest BCUT2D eigenvalue weighted by atomic mass is 10.0. The lowest BCUT2D eigenvalue weighted by Gasteiger charge is -2.12. The first-order valence-corrected chi connectivity index (χ1v) is 9.58. The summed E-state index contributed by atoms with van der Waals surface area (Å²) < 4.78 is 1.94. The number of hydrogen-bond acceptors (Lipinski definition) is 3. The van der Waals surface area contributed by atoms with Crippen LogP contribution in [0.5, 0.6) is 0 Å². The van der Waals surface area contributed by atoms with Crippen LogP contribution < -0.4 is 5.32 Å². The van der Waals surface area contributed by atoms with Crippen LogP contribution in [0.3, 0.4) is 0 Å². The van der Waals surface area contributed by atoms with Crippen LogP contribution in [-0.4, -0.2) is 40.7 Å². The molecule has 2 heterocycles. The summed E-state index contributed by atoms with van der Waals surface area (Å²) in [7, 11) is 3.46. The fraction of sp³-hybridized carbons (Fsp3) is 0.125. The van der Waals surface area contributed by atoms with E-state index in [4.69, 9.17) is 0 Å². The van der Waals surface area contributed by atoms with Crippen LogP contribution in [0.4, 0.5) is 5.69 Å². The SMILES string of the molecule is Cc1ccc(-c2cc(NC=O)c3ncc(-c4cccc(C(=O)N(C)C)c4)n3c2)cc1. The van der Waals surface area contributed by atoms with Crippen molar-refractivity contribution in [2.45, 2.75) is 6.92 Å². The molecule has 2 aromatic carbocycles. The lowest BCUT2D eigenvalue weighted by molar-refractivity contribution is -0.105. The van der Waals surface area contributed by atoms with Gasteiger partial charge in [-0.3, -0.25) is 14.0 Å². The van der Waals surface area contributed by atoms with Crippen LogP contribution >= 0.6 is 0 Å². The van der Waals surface area contributed by atoms with Gasteiger partial charge in [-0.1, -0.05) is 42.0 Å². The van der Waals surface area contributed by atoms with Crippen LogP contribution in [0.15, 0.2) is 67.0 Å². The maximum Gasteiger partial charge on any atom is 0.253 e. The Bertz CT molecular complexity index is 1240. The van der Waals surface area contributed by atoms with Gasteiger partial charge in [0.1, 0.15) is 0 Å². The van der Waals surface area contributed by atoms with Crippen molar-refractivity contribution in [1.29, 1.82) is 0 Å². The number of amides is 2. The summed E-state index contributed by atoms with van der Waals surface area (Å²) in [5.74, 6) is -0.0608. The smallest absolute Gasteiger partial charge is 0.253 e. The second kappa shape index (κ2) is 7.83. The number of carbonyl (C=O) groups is 2. The molecule has 6 nitrogen and oxygen atoms in total. The number of carbonyl (C=O) groups excluding carboxylic acids is 2. The highest BCUT2D eigenvalue weighted by atomic mass is 16.2. The van der Waals surface area contributed by atoms with Crippen LogP contribution in [0.2, 0.25) is 0 Å². The number of imidazole rings is 1. The molecule has 0 aliphatic heterocycles. The molecule has 0 aliphatic rings. The molecule has 2 aromatic heterocycles. The fourth-order valence-electron chi connectivity index (χ4n) is 3.44. The average molecular weight is 398 g/mol. The van der Waals surface area contributed by atoms with E-state index in [2.05, 4.69) is 22.4 Å². The summed E-state index contributed by atoms with van der Waals surface area (Å²) in [5, 5.41) is 2.76. The Kier molecular flexibility index (Phi) is 5.06. The quantitative estimate of drug-likeness (QED) is 0.511. The van der Waals surface area contributed by atoms with E-state index in [1.165, 1.54) is 5.56 Å². The van der Waals surface area contributed by atoms with Crippen molar-refractivity contribution in [3.05, 3.63) is 78.1 Å². The second-order valence-corrected chi connectivity index (χ2v) is 7.39. The Morgan fingerprint density at radius 2 is 1.80 bits per heavy atom. The van der Waals surface area contributed by atoms with E-state index in [1.54, 1.807) is 31.3 Å². The number of fused-ring (bicyclic) bond motifs is 1. The monoisotopic (exact) mass is 398 g/mol. The second-order valence-electron chi connectivity index (χ2n) is 7.39. The molecule has 0 saturated carbocycles. The molecule has 0 unspecified atom stereocenters. The molecule has 0 atom stereocenters. The highest BCUT2D eigenvalue weighted by Crippen LogP contribution is 2.30. The zero-order valence-electron chi connectivity index (χ0n) is 17.1. The number of benzene rings is 2. The van der Waals surface area contributed by atoms with E-state index >= 15 is 0 Å². The van der Waals surface area contributed by atoms with Gasteiger partial charge in [0.15, 0.2) is 5.65 Å². The van der Waals surface area contributed by atoms with Gasteiger partial charge in [-0.15, -0.1) is 0 Å². The molecule has 0 saturated heterocycles. The van der Waals surface area contributed by atoms with Crippen LogP contribution in [-0.2, 0) is 4.79 Å². The molecule has 30 heavy (non-hydrogen) atoms. The van der Waals surface area contributed by atoms with E-state index in [1.807, 2.05) is 53.9 Å². The lowest BCUT2D eigenvalue weighted by Crippen LogP contribution is -2.21. The first-order valence-electron chi connectivity index (χ1n) is 9.58. The van der Waals surface area contributed by atoms with Gasteiger partial charge in [-0.25, -0.2) is 4.98 Å². The Hall–Kier alpha value is -3.93. The number of aryl methyl sites for hydroxylation is 1. The predicted molar refractivity (Wildman–Crippen MR) is 119 cm³/mol. The first-order chi connectivity index (χ1) is 14.5. The third kappa shape index (κ3) is 3.55. The molecule has 0 bridgehead atoms. The molecule has 6 heteroatoms. The minimum atomic E-state index is -0.0608. The van der Waals surface area contributed by atoms with Gasteiger partial charge in [0.2, 0.25) is 6.41 Å². The van der Waals surface area contributed by atoms with Crippen LogP contribution in [0, 0.1) is 6.92 Å². The molecule has 2 amide bonds. The summed E-state index contributed by atoms with van der Waals surface area (Å²) >= 11 is 0. The molecule has 4 aromatic rings. The Morgan fingerprint density at radius 1 is 1.03 bits per heavy atom. The minimum Gasteiger partial charge on any atom is -0.345 e. The summed E-state index contributed by atoms with van der Waals surface area (Å²) in [5.41, 5.74) is 6.73. The van der Waals surface area contributed by atoms with Gasteiger partial charge >= 0.3 is 0 Å². The fourth-order valence-corrected chi connectivity index (χ4v) is 3.44. The number of rotatable bonds is 5. The van der Waals surface area contributed by atoms with Crippen molar-refractivity contribution in [3.8, 4) is 22.4 Å². The third-order valence-electron chi connectivity index (χ3n) is 5.02. The van der Waals surface area contributed by atoms with E-state index in [0.717, 1.165) is 22.4 Å². The third-order valence-corrected chi connectivity index (χ3v) is 5.02. The van der Waals surface area contributed by atoms with E-state index < -0.39 is 0 Å². The van der Waals surface area contributed by atoms with Crippen molar-refractivity contribution in [1.82, 2.24) is 14.3 Å². The molecular formula is C24H22N4O2. The zero-order chi connectivity index (χ0) is 21.3. The number of nitrogens with zero attached hydrogens (tertiary/aromatic N) is 3. The van der Waals surface area contributed by atoms with Gasteiger partial charge in [0.05, 0.1) is 17.6 Å². The van der Waals surface area contributed by atoms with Crippen molar-refractivity contribution >= 4 is 23.7 Å². The highest BCUT2D eigenvalue weighted by Gasteiger charge is 2.14. The normalized spacial score (nSPS) is 10.8. The number of hydrogen-bond donors (Lipinski definition) is 1. The largest absolute Gasteiger partial charge is 0.345 e. The van der Waals surface area contributed by atoms with Crippen molar-refractivity contribution in [2.24, 2.45) is 0 Å². The van der Waals surface area contributed by atoms with Crippen molar-refractivity contribution in [3.63, 3.8) is 0 Å². The van der Waals surface area contributed by atoms with Gasteiger partial charge < -0.3 is 10.2 Å². The van der Waals surface area contributed by atoms with E-state index in [0.29, 0.717) is 23.3 Å². The predicted octanol–water partition coefficient (Wildman–Crippen LogP) is 4.25. The molecule has 0 spiro atoms. The number of aromatic nitrogens is 2. The topological polar surface area (TPSA) is 66.7 Å². The molecule has 0 aliphatic carbocycles. The zero-order valence-corrected chi connectivity index (χ0v) is 17.1. The maximum absolute atomic E-state index is 12.4. The Balaban J connectivity index is 1.90. The van der Waals surface area contributed by atoms with Crippen LogP contribution in [0.1, 0.15) is 15.9 Å². The standard InChI is InChI=1S/C24H22N4O2/c1-16-7-9-17(10-8-16)20-12-21(26-15-29)23-25-13-22(28(23)14-20)18-5-4-6-19(11-18)24(30)27(2)3/h4-15H,1-3H3,(H,26,29). The summed E-state index contributed by atoms with van der Waals surface area (Å²) in [4.78, 5) is 29.6. The maximum atomic E-state index is 12.4. The molecule has 0 radical (unpaired) electrons. The van der Waals surface area contributed by atoms with Gasteiger partial charge in [0.25, 0.3) is 5.91 Å². The summed E-state index contributed by atoms with van der Waals surface area (Å²) in [6, 6.07) is 17.6. The molecule has 1 N–H and O–H groups in total. The van der Waals surface area contributed by atoms with Gasteiger partial charge in [-0.2, -0.15) is 0 Å². The Labute approximate surface area is 174 Å². The summed E-state index contributed by atoms with van der Waals surface area (Å²) in [6.07, 6.45) is 4.40. The molecule has 0 fully saturated rings. The van der Waals surface area contributed by atoms with Gasteiger partial charge in [0, 0.05) is 37.0 Å².